The standard InChI is InChI=1S/C10H11NO3/c1-3-11-5-6(2)9-7(11)4-8(12)14-10(9)13/h5H,3-4H2,1-2H3. The predicted molar refractivity (Wildman–Crippen MR) is 49.0 cm³/mol. The number of aromatic nitrogens is 1. The molecule has 1 aliphatic rings. The van der Waals surface area contributed by atoms with Crippen molar-refractivity contribution in [3.63, 3.8) is 0 Å². The quantitative estimate of drug-likeness (QED) is 0.495. The summed E-state index contributed by atoms with van der Waals surface area (Å²) < 4.78 is 6.48. The number of esters is 2. The Morgan fingerprint density at radius 2 is 2.21 bits per heavy atom. The van der Waals surface area contributed by atoms with Gasteiger partial charge in [0.25, 0.3) is 0 Å². The SMILES string of the molecule is CCn1cc(C)c2c1CC(=O)OC2=O. The number of rotatable bonds is 1. The minimum atomic E-state index is -0.513. The molecule has 0 bridgehead atoms. The van der Waals surface area contributed by atoms with Gasteiger partial charge in [-0.05, 0) is 19.4 Å². The van der Waals surface area contributed by atoms with Crippen LogP contribution in [0.5, 0.6) is 0 Å². The van der Waals surface area contributed by atoms with Crippen LogP contribution in [0.25, 0.3) is 0 Å². The smallest absolute Gasteiger partial charge is 0.347 e. The summed E-state index contributed by atoms with van der Waals surface area (Å²) in [7, 11) is 0. The molecule has 1 aliphatic heterocycles. The third kappa shape index (κ3) is 1.14. The van der Waals surface area contributed by atoms with Crippen LogP contribution in [0.1, 0.15) is 28.5 Å². The van der Waals surface area contributed by atoms with E-state index in [9.17, 15) is 9.59 Å². The van der Waals surface area contributed by atoms with Crippen molar-refractivity contribution >= 4 is 11.9 Å². The topological polar surface area (TPSA) is 48.3 Å². The largest absolute Gasteiger partial charge is 0.389 e. The first-order valence-corrected chi connectivity index (χ1v) is 4.57. The third-order valence-corrected chi connectivity index (χ3v) is 2.44. The second-order valence-electron chi connectivity index (χ2n) is 3.36. The van der Waals surface area contributed by atoms with E-state index >= 15 is 0 Å². The van der Waals surface area contributed by atoms with Gasteiger partial charge in [-0.3, -0.25) is 4.79 Å². The van der Waals surface area contributed by atoms with E-state index in [2.05, 4.69) is 4.74 Å². The van der Waals surface area contributed by atoms with Gasteiger partial charge in [0.1, 0.15) is 0 Å². The second-order valence-corrected chi connectivity index (χ2v) is 3.36. The van der Waals surface area contributed by atoms with Crippen LogP contribution in [0.4, 0.5) is 0 Å². The van der Waals surface area contributed by atoms with Crippen LogP contribution >= 0.6 is 0 Å². The van der Waals surface area contributed by atoms with Gasteiger partial charge in [-0.2, -0.15) is 0 Å². The highest BCUT2D eigenvalue weighted by molar-refractivity contribution is 6.03. The third-order valence-electron chi connectivity index (χ3n) is 2.44. The van der Waals surface area contributed by atoms with Gasteiger partial charge in [-0.15, -0.1) is 0 Å². The number of ether oxygens (including phenoxy) is 1. The van der Waals surface area contributed by atoms with Gasteiger partial charge in [0.15, 0.2) is 0 Å². The van der Waals surface area contributed by atoms with E-state index in [1.165, 1.54) is 0 Å². The van der Waals surface area contributed by atoms with Crippen molar-refractivity contribution in [2.75, 3.05) is 0 Å². The first-order chi connectivity index (χ1) is 6.63. The average Bonchev–Trinajstić information content (AvgIpc) is 2.42. The number of cyclic esters (lactones) is 2. The van der Waals surface area contributed by atoms with Gasteiger partial charge in [-0.1, -0.05) is 0 Å². The molecule has 2 rings (SSSR count). The number of carbonyl (C=O) groups excluding carboxylic acids is 2. The average molecular weight is 193 g/mol. The Morgan fingerprint density at radius 3 is 2.86 bits per heavy atom. The summed E-state index contributed by atoms with van der Waals surface area (Å²) in [5.41, 5.74) is 2.22. The zero-order valence-corrected chi connectivity index (χ0v) is 8.16. The molecule has 0 aromatic carbocycles. The van der Waals surface area contributed by atoms with Gasteiger partial charge in [0.2, 0.25) is 0 Å². The summed E-state index contributed by atoms with van der Waals surface area (Å²) in [4.78, 5) is 22.4. The fourth-order valence-electron chi connectivity index (χ4n) is 1.83. The lowest BCUT2D eigenvalue weighted by molar-refractivity contribution is -0.137. The second kappa shape index (κ2) is 2.97. The summed E-state index contributed by atoms with van der Waals surface area (Å²) in [6, 6.07) is 0. The number of fused-ring (bicyclic) bond motifs is 1. The van der Waals surface area contributed by atoms with Gasteiger partial charge >= 0.3 is 11.9 Å². The van der Waals surface area contributed by atoms with Gasteiger partial charge in [0.05, 0.1) is 12.0 Å². The van der Waals surface area contributed by atoms with Crippen LogP contribution in [0, 0.1) is 6.92 Å². The lowest BCUT2D eigenvalue weighted by atomic mass is 10.1. The zero-order valence-electron chi connectivity index (χ0n) is 8.16. The van der Waals surface area contributed by atoms with Crippen LogP contribution in [0.15, 0.2) is 6.20 Å². The van der Waals surface area contributed by atoms with E-state index in [1.807, 2.05) is 24.6 Å². The molecule has 0 aliphatic carbocycles. The Hall–Kier alpha value is -1.58. The normalized spacial score (nSPS) is 15.3. The first kappa shape index (κ1) is 8.99. The van der Waals surface area contributed by atoms with E-state index in [1.54, 1.807) is 0 Å². The Balaban J connectivity index is 2.60. The molecule has 1 aromatic rings. The van der Waals surface area contributed by atoms with E-state index in [0.29, 0.717) is 5.56 Å². The minimum Gasteiger partial charge on any atom is -0.389 e. The first-order valence-electron chi connectivity index (χ1n) is 4.57. The fraction of sp³-hybridized carbons (Fsp3) is 0.400. The number of aryl methyl sites for hydroxylation is 2. The Morgan fingerprint density at radius 1 is 1.50 bits per heavy atom. The molecule has 2 heterocycles. The fourth-order valence-corrected chi connectivity index (χ4v) is 1.83. The number of hydrogen-bond acceptors (Lipinski definition) is 3. The summed E-state index contributed by atoms with van der Waals surface area (Å²) in [6.07, 6.45) is 2.08. The summed E-state index contributed by atoms with van der Waals surface area (Å²) >= 11 is 0. The van der Waals surface area contributed by atoms with Crippen molar-refractivity contribution in [2.45, 2.75) is 26.8 Å². The van der Waals surface area contributed by atoms with Crippen molar-refractivity contribution in [1.29, 1.82) is 0 Å². The van der Waals surface area contributed by atoms with Crippen LogP contribution in [-0.2, 0) is 22.5 Å². The molecule has 74 valence electrons. The highest BCUT2D eigenvalue weighted by Crippen LogP contribution is 2.23. The molecule has 0 spiro atoms. The summed E-state index contributed by atoms with van der Waals surface area (Å²) in [6.45, 7) is 4.59. The Labute approximate surface area is 81.5 Å². The van der Waals surface area contributed by atoms with Crippen LogP contribution < -0.4 is 0 Å². The van der Waals surface area contributed by atoms with E-state index in [0.717, 1.165) is 17.8 Å². The lowest BCUT2D eigenvalue weighted by Crippen LogP contribution is -2.24. The molecular formula is C10H11NO3. The van der Waals surface area contributed by atoms with E-state index in [-0.39, 0.29) is 6.42 Å². The number of hydrogen-bond donors (Lipinski definition) is 0. The molecular weight excluding hydrogens is 182 g/mol. The molecule has 4 nitrogen and oxygen atoms in total. The lowest BCUT2D eigenvalue weighted by Gasteiger charge is -2.13. The highest BCUT2D eigenvalue weighted by atomic mass is 16.6. The maximum absolute atomic E-state index is 11.4. The van der Waals surface area contributed by atoms with Crippen molar-refractivity contribution in [1.82, 2.24) is 4.57 Å². The van der Waals surface area contributed by atoms with Crippen molar-refractivity contribution < 1.29 is 14.3 Å². The maximum Gasteiger partial charge on any atom is 0.347 e. The van der Waals surface area contributed by atoms with E-state index in [4.69, 9.17) is 0 Å². The van der Waals surface area contributed by atoms with Crippen molar-refractivity contribution in [2.24, 2.45) is 0 Å². The Bertz CT molecular complexity index is 417. The van der Waals surface area contributed by atoms with Crippen LogP contribution in [0.2, 0.25) is 0 Å². The predicted octanol–water partition coefficient (Wildman–Crippen LogP) is 1.06. The molecule has 0 saturated carbocycles. The number of carbonyl (C=O) groups is 2. The molecule has 4 heteroatoms. The summed E-state index contributed by atoms with van der Waals surface area (Å²) in [5, 5.41) is 0. The monoisotopic (exact) mass is 193 g/mol. The van der Waals surface area contributed by atoms with E-state index < -0.39 is 11.9 Å². The van der Waals surface area contributed by atoms with Crippen LogP contribution in [-0.4, -0.2) is 16.5 Å². The molecule has 0 N–H and O–H groups in total. The molecule has 0 unspecified atom stereocenters. The Kier molecular flexibility index (Phi) is 1.91. The molecule has 0 saturated heterocycles. The molecule has 1 aromatic heterocycles. The highest BCUT2D eigenvalue weighted by Gasteiger charge is 2.29. The minimum absolute atomic E-state index is 0.197. The van der Waals surface area contributed by atoms with Gasteiger partial charge in [0, 0.05) is 18.4 Å². The van der Waals surface area contributed by atoms with Crippen LogP contribution in [0.3, 0.4) is 0 Å². The molecule has 14 heavy (non-hydrogen) atoms. The number of nitrogens with zero attached hydrogens (tertiary/aromatic N) is 1. The maximum atomic E-state index is 11.4. The zero-order chi connectivity index (χ0) is 10.3. The molecule has 0 fully saturated rings. The van der Waals surface area contributed by atoms with Crippen molar-refractivity contribution in [3.05, 3.63) is 23.0 Å². The molecule has 0 amide bonds. The van der Waals surface area contributed by atoms with Gasteiger partial charge in [-0.25, -0.2) is 4.79 Å². The van der Waals surface area contributed by atoms with Gasteiger partial charge < -0.3 is 9.30 Å². The van der Waals surface area contributed by atoms with Crippen molar-refractivity contribution in [3.8, 4) is 0 Å². The molecule has 0 atom stereocenters. The molecule has 0 radical (unpaired) electrons. The summed E-state index contributed by atoms with van der Waals surface area (Å²) in [5.74, 6) is -0.976.